The topological polar surface area (TPSA) is 45.6 Å². The minimum atomic E-state index is -0.787. The van der Waals surface area contributed by atoms with Gasteiger partial charge in [0.05, 0.1) is 12.2 Å². The van der Waals surface area contributed by atoms with Crippen molar-refractivity contribution >= 4 is 10.8 Å². The predicted octanol–water partition coefficient (Wildman–Crippen LogP) is 3.99. The van der Waals surface area contributed by atoms with E-state index in [1.165, 1.54) is 0 Å². The number of piperidine rings is 1. The van der Waals surface area contributed by atoms with Crippen molar-refractivity contribution in [2.24, 2.45) is 0 Å². The van der Waals surface area contributed by atoms with Crippen molar-refractivity contribution in [3.8, 4) is 5.75 Å². The Bertz CT molecular complexity index is 868. The molecular weight excluding hydrogens is 336 g/mol. The van der Waals surface area contributed by atoms with Crippen LogP contribution in [0.2, 0.25) is 0 Å². The van der Waals surface area contributed by atoms with Crippen LogP contribution in [0.5, 0.6) is 5.75 Å². The lowest BCUT2D eigenvalue weighted by atomic mass is 9.83. The van der Waals surface area contributed by atoms with E-state index in [2.05, 4.69) is 22.0 Å². The summed E-state index contributed by atoms with van der Waals surface area (Å²) >= 11 is 0. The molecule has 2 heterocycles. The highest BCUT2D eigenvalue weighted by Gasteiger charge is 2.35. The Labute approximate surface area is 160 Å². The molecule has 27 heavy (non-hydrogen) atoms. The first-order chi connectivity index (χ1) is 13.2. The van der Waals surface area contributed by atoms with Gasteiger partial charge < -0.3 is 14.7 Å². The third-order valence-corrected chi connectivity index (χ3v) is 5.48. The molecule has 1 aliphatic heterocycles. The third-order valence-electron chi connectivity index (χ3n) is 5.48. The summed E-state index contributed by atoms with van der Waals surface area (Å²) in [5.41, 5.74) is 0.179. The number of pyridine rings is 1. The fraction of sp³-hybridized carbons (Fsp3) is 0.348. The van der Waals surface area contributed by atoms with Crippen molar-refractivity contribution in [1.82, 2.24) is 9.88 Å². The third kappa shape index (κ3) is 4.12. The summed E-state index contributed by atoms with van der Waals surface area (Å²) in [5.74, 6) is 0.925. The summed E-state index contributed by atoms with van der Waals surface area (Å²) in [7, 11) is 0. The molecule has 140 valence electrons. The Balaban J connectivity index is 1.31. The van der Waals surface area contributed by atoms with Gasteiger partial charge >= 0.3 is 0 Å². The lowest BCUT2D eigenvalue weighted by Gasteiger charge is -2.38. The molecule has 1 saturated heterocycles. The fourth-order valence-electron chi connectivity index (χ4n) is 3.90. The quantitative estimate of drug-likeness (QED) is 0.674. The van der Waals surface area contributed by atoms with E-state index in [9.17, 15) is 5.11 Å². The number of ether oxygens (including phenoxy) is 1. The normalized spacial score (nSPS) is 17.1. The highest BCUT2D eigenvalue weighted by atomic mass is 16.5. The van der Waals surface area contributed by atoms with E-state index >= 15 is 0 Å². The molecule has 0 bridgehead atoms. The number of rotatable bonds is 6. The highest BCUT2D eigenvalue weighted by Crippen LogP contribution is 2.36. The number of fused-ring (bicyclic) bond motifs is 1. The van der Waals surface area contributed by atoms with Crippen LogP contribution in [0.4, 0.5) is 0 Å². The molecule has 4 heteroatoms. The van der Waals surface area contributed by atoms with Crippen LogP contribution in [0.3, 0.4) is 0 Å². The van der Waals surface area contributed by atoms with Gasteiger partial charge in [0.2, 0.25) is 0 Å². The molecule has 3 aromatic rings. The van der Waals surface area contributed by atoms with Gasteiger partial charge in [-0.15, -0.1) is 0 Å². The van der Waals surface area contributed by atoms with Gasteiger partial charge in [-0.25, -0.2) is 0 Å². The number of aromatic nitrogens is 1. The first-order valence-electron chi connectivity index (χ1n) is 9.70. The zero-order chi connectivity index (χ0) is 18.5. The average molecular weight is 362 g/mol. The number of likely N-dealkylation sites (tertiary alicyclic amines) is 1. The maximum Gasteiger partial charge on any atom is 0.119 e. The molecule has 0 atom stereocenters. The molecule has 1 N–H and O–H groups in total. The first-order valence-corrected chi connectivity index (χ1v) is 9.70. The van der Waals surface area contributed by atoms with Gasteiger partial charge in [-0.1, -0.05) is 42.5 Å². The predicted molar refractivity (Wildman–Crippen MR) is 108 cm³/mol. The summed E-state index contributed by atoms with van der Waals surface area (Å²) in [6, 6.07) is 18.1. The SMILES string of the molecule is OC1(c2cncc3ccccc23)CCN(CCCOc2ccccc2)CC1. The van der Waals surface area contributed by atoms with E-state index in [1.54, 1.807) is 0 Å². The summed E-state index contributed by atoms with van der Waals surface area (Å²) in [6.45, 7) is 3.50. The average Bonchev–Trinajstić information content (AvgIpc) is 2.73. The largest absolute Gasteiger partial charge is 0.494 e. The van der Waals surface area contributed by atoms with Crippen molar-refractivity contribution in [3.63, 3.8) is 0 Å². The minimum Gasteiger partial charge on any atom is -0.494 e. The van der Waals surface area contributed by atoms with Crippen LogP contribution in [0.25, 0.3) is 10.8 Å². The molecule has 0 unspecified atom stereocenters. The van der Waals surface area contributed by atoms with E-state index < -0.39 is 5.60 Å². The molecule has 4 nitrogen and oxygen atoms in total. The number of hydrogen-bond donors (Lipinski definition) is 1. The molecule has 0 radical (unpaired) electrons. The highest BCUT2D eigenvalue weighted by molar-refractivity contribution is 5.85. The van der Waals surface area contributed by atoms with Gasteiger partial charge in [0, 0.05) is 43.0 Å². The summed E-state index contributed by atoms with van der Waals surface area (Å²) in [6.07, 6.45) is 6.17. The molecule has 4 rings (SSSR count). The minimum absolute atomic E-state index is 0.720. The van der Waals surface area contributed by atoms with Gasteiger partial charge in [-0.2, -0.15) is 0 Å². The number of benzene rings is 2. The van der Waals surface area contributed by atoms with Gasteiger partial charge in [-0.05, 0) is 36.8 Å². The molecule has 0 spiro atoms. The van der Waals surface area contributed by atoms with Crippen LogP contribution in [0.15, 0.2) is 67.0 Å². The van der Waals surface area contributed by atoms with E-state index in [0.717, 1.165) is 67.6 Å². The van der Waals surface area contributed by atoms with Crippen molar-refractivity contribution in [1.29, 1.82) is 0 Å². The van der Waals surface area contributed by atoms with E-state index in [-0.39, 0.29) is 0 Å². The Hall–Kier alpha value is -2.43. The second-order valence-corrected chi connectivity index (χ2v) is 7.30. The van der Waals surface area contributed by atoms with Crippen LogP contribution in [0, 0.1) is 0 Å². The van der Waals surface area contributed by atoms with Crippen LogP contribution in [-0.2, 0) is 5.60 Å². The monoisotopic (exact) mass is 362 g/mol. The Kier molecular flexibility index (Phi) is 5.37. The number of hydrogen-bond acceptors (Lipinski definition) is 4. The zero-order valence-corrected chi connectivity index (χ0v) is 15.6. The molecule has 0 amide bonds. The number of aliphatic hydroxyl groups is 1. The molecule has 1 aromatic heterocycles. The van der Waals surface area contributed by atoms with Crippen LogP contribution in [-0.4, -0.2) is 41.2 Å². The molecule has 0 saturated carbocycles. The summed E-state index contributed by atoms with van der Waals surface area (Å²) in [5, 5.41) is 13.5. The van der Waals surface area contributed by atoms with Crippen LogP contribution >= 0.6 is 0 Å². The molecular formula is C23H26N2O2. The molecule has 2 aromatic carbocycles. The number of para-hydroxylation sites is 1. The van der Waals surface area contributed by atoms with Crippen molar-refractivity contribution < 1.29 is 9.84 Å². The van der Waals surface area contributed by atoms with E-state index in [4.69, 9.17) is 4.74 Å². The lowest BCUT2D eigenvalue weighted by Crippen LogP contribution is -2.43. The fourth-order valence-corrected chi connectivity index (χ4v) is 3.90. The van der Waals surface area contributed by atoms with Gasteiger partial charge in [0.1, 0.15) is 5.75 Å². The Morgan fingerprint density at radius 3 is 2.52 bits per heavy atom. The van der Waals surface area contributed by atoms with E-state index in [0.29, 0.717) is 0 Å². The number of nitrogens with zero attached hydrogens (tertiary/aromatic N) is 2. The van der Waals surface area contributed by atoms with Gasteiger partial charge in [0.25, 0.3) is 0 Å². The molecule has 1 aliphatic rings. The van der Waals surface area contributed by atoms with Gasteiger partial charge in [-0.3, -0.25) is 4.98 Å². The first kappa shape index (κ1) is 18.0. The van der Waals surface area contributed by atoms with Crippen LogP contribution < -0.4 is 4.74 Å². The molecule has 1 fully saturated rings. The van der Waals surface area contributed by atoms with Gasteiger partial charge in [0.15, 0.2) is 0 Å². The summed E-state index contributed by atoms with van der Waals surface area (Å²) < 4.78 is 5.77. The smallest absolute Gasteiger partial charge is 0.119 e. The lowest BCUT2D eigenvalue weighted by molar-refractivity contribution is -0.0255. The van der Waals surface area contributed by atoms with Crippen molar-refractivity contribution in [2.45, 2.75) is 24.9 Å². The Morgan fingerprint density at radius 1 is 0.963 bits per heavy atom. The van der Waals surface area contributed by atoms with Crippen molar-refractivity contribution in [3.05, 3.63) is 72.6 Å². The van der Waals surface area contributed by atoms with Crippen LogP contribution in [0.1, 0.15) is 24.8 Å². The second-order valence-electron chi connectivity index (χ2n) is 7.30. The maximum atomic E-state index is 11.3. The van der Waals surface area contributed by atoms with Crippen molar-refractivity contribution in [2.75, 3.05) is 26.2 Å². The summed E-state index contributed by atoms with van der Waals surface area (Å²) in [4.78, 5) is 6.77. The molecule has 0 aliphatic carbocycles. The standard InChI is InChI=1S/C23H26N2O2/c26-23(22-18-24-17-19-7-4-5-10-21(19)22)11-14-25(15-12-23)13-6-16-27-20-8-2-1-3-9-20/h1-5,7-10,17-18,26H,6,11-16H2. The van der Waals surface area contributed by atoms with E-state index in [1.807, 2.05) is 54.9 Å². The Morgan fingerprint density at radius 2 is 1.70 bits per heavy atom. The zero-order valence-electron chi connectivity index (χ0n) is 15.6. The maximum absolute atomic E-state index is 11.3. The second kappa shape index (κ2) is 8.07.